The molecule has 0 bridgehead atoms. The highest BCUT2D eigenvalue weighted by atomic mass is 16.7. The van der Waals surface area contributed by atoms with Gasteiger partial charge in [-0.05, 0) is 23.6 Å². The summed E-state index contributed by atoms with van der Waals surface area (Å²) in [6.07, 6.45) is 1.65. The van der Waals surface area contributed by atoms with Gasteiger partial charge in [-0.15, -0.1) is 0 Å². The number of rotatable bonds is 4. The number of nitrogens with one attached hydrogen (secondary N) is 1. The van der Waals surface area contributed by atoms with Crippen LogP contribution in [0.15, 0.2) is 30.5 Å². The highest BCUT2D eigenvalue weighted by Crippen LogP contribution is 2.32. The van der Waals surface area contributed by atoms with Gasteiger partial charge in [-0.3, -0.25) is 4.79 Å². The Kier molecular flexibility index (Phi) is 4.68. The lowest BCUT2D eigenvalue weighted by atomic mass is 9.93. The van der Waals surface area contributed by atoms with Gasteiger partial charge in [0.1, 0.15) is 0 Å². The summed E-state index contributed by atoms with van der Waals surface area (Å²) in [7, 11) is 0. The topological polar surface area (TPSA) is 77.8 Å². The van der Waals surface area contributed by atoms with Crippen molar-refractivity contribution in [3.63, 3.8) is 0 Å². The molecule has 0 radical (unpaired) electrons. The van der Waals surface area contributed by atoms with E-state index in [1.807, 2.05) is 24.3 Å². The molecule has 1 amide bonds. The molecule has 0 aliphatic carbocycles. The van der Waals surface area contributed by atoms with Crippen LogP contribution in [0.4, 0.5) is 0 Å². The molecule has 2 aromatic heterocycles. The quantitative estimate of drug-likeness (QED) is 0.728. The third kappa shape index (κ3) is 3.64. The number of hydrogen-bond donors (Lipinski definition) is 1. The normalized spacial score (nSPS) is 13.3. The summed E-state index contributed by atoms with van der Waals surface area (Å²) in [6, 6.07) is 7.65. The van der Waals surface area contributed by atoms with Crippen molar-refractivity contribution in [2.24, 2.45) is 0 Å². The monoisotopic (exact) mass is 394 g/mol. The number of carbonyl (C=O) groups is 1. The number of nitrogens with zero attached hydrogens (tertiary/aromatic N) is 3. The summed E-state index contributed by atoms with van der Waals surface area (Å²) >= 11 is 0. The van der Waals surface area contributed by atoms with Crippen LogP contribution in [0.5, 0.6) is 11.5 Å². The molecule has 29 heavy (non-hydrogen) atoms. The first-order chi connectivity index (χ1) is 13.7. The molecule has 0 saturated heterocycles. The molecule has 4 rings (SSSR count). The molecule has 1 aliphatic heterocycles. The zero-order valence-electron chi connectivity index (χ0n) is 17.4. The molecular formula is C22H26N4O3. The van der Waals surface area contributed by atoms with E-state index in [4.69, 9.17) is 14.6 Å². The lowest BCUT2D eigenvalue weighted by Crippen LogP contribution is -2.26. The van der Waals surface area contributed by atoms with Crippen LogP contribution in [0, 0.1) is 0 Å². The Labute approximate surface area is 170 Å². The minimum absolute atomic E-state index is 0.0935. The molecule has 7 heteroatoms. The van der Waals surface area contributed by atoms with Gasteiger partial charge in [-0.2, -0.15) is 5.10 Å². The number of benzene rings is 1. The Balaban J connectivity index is 1.62. The molecular weight excluding hydrogens is 368 g/mol. The van der Waals surface area contributed by atoms with E-state index < -0.39 is 0 Å². The molecule has 0 atom stereocenters. The summed E-state index contributed by atoms with van der Waals surface area (Å²) in [5.74, 6) is 1.37. The van der Waals surface area contributed by atoms with Crippen molar-refractivity contribution in [3.05, 3.63) is 53.0 Å². The zero-order chi connectivity index (χ0) is 20.8. The van der Waals surface area contributed by atoms with Gasteiger partial charge >= 0.3 is 0 Å². The maximum absolute atomic E-state index is 13.0. The van der Waals surface area contributed by atoms with E-state index in [0.29, 0.717) is 17.9 Å². The van der Waals surface area contributed by atoms with Crippen LogP contribution < -0.4 is 14.8 Å². The van der Waals surface area contributed by atoms with E-state index in [1.165, 1.54) is 0 Å². The van der Waals surface area contributed by atoms with Crippen LogP contribution in [-0.2, 0) is 12.0 Å². The summed E-state index contributed by atoms with van der Waals surface area (Å²) in [5.41, 5.74) is 3.95. The molecule has 152 valence electrons. The van der Waals surface area contributed by atoms with Crippen molar-refractivity contribution < 1.29 is 14.3 Å². The third-order valence-corrected chi connectivity index (χ3v) is 4.97. The van der Waals surface area contributed by atoms with Crippen molar-refractivity contribution in [2.75, 3.05) is 6.79 Å². The lowest BCUT2D eigenvalue weighted by Gasteiger charge is -2.15. The summed E-state index contributed by atoms with van der Waals surface area (Å²) in [4.78, 5) is 17.5. The van der Waals surface area contributed by atoms with Crippen molar-refractivity contribution >= 4 is 11.6 Å². The van der Waals surface area contributed by atoms with E-state index in [1.54, 1.807) is 10.7 Å². The van der Waals surface area contributed by atoms with Gasteiger partial charge < -0.3 is 14.8 Å². The molecule has 0 saturated carbocycles. The molecule has 0 fully saturated rings. The van der Waals surface area contributed by atoms with Crippen molar-refractivity contribution in [3.8, 4) is 11.5 Å². The first kappa shape index (κ1) is 19.2. The summed E-state index contributed by atoms with van der Waals surface area (Å²) < 4.78 is 12.5. The van der Waals surface area contributed by atoms with Crippen LogP contribution in [0.2, 0.25) is 0 Å². The van der Waals surface area contributed by atoms with E-state index in [9.17, 15) is 4.79 Å². The standard InChI is InChI=1S/C22H26N4O3/c1-13(2)20-15(11-23-19-9-18(22(3,4)5)25-26(19)20)21(27)24-10-14-6-7-16-17(8-14)29-12-28-16/h6-9,11,13H,10,12H2,1-5H3,(H,24,27). The second-order valence-corrected chi connectivity index (χ2v) is 8.63. The minimum atomic E-state index is -0.173. The molecule has 3 aromatic rings. The molecule has 1 aliphatic rings. The highest BCUT2D eigenvalue weighted by Gasteiger charge is 2.23. The fourth-order valence-corrected chi connectivity index (χ4v) is 3.38. The molecule has 0 unspecified atom stereocenters. The Hall–Kier alpha value is -3.09. The smallest absolute Gasteiger partial charge is 0.254 e. The Morgan fingerprint density at radius 2 is 1.97 bits per heavy atom. The SMILES string of the molecule is CC(C)c1c(C(=O)NCc2ccc3c(c2)OCO3)cnc2cc(C(C)(C)C)nn12. The van der Waals surface area contributed by atoms with Crippen LogP contribution >= 0.6 is 0 Å². The summed E-state index contributed by atoms with van der Waals surface area (Å²) in [6.45, 7) is 11.1. The van der Waals surface area contributed by atoms with E-state index in [2.05, 4.69) is 44.9 Å². The van der Waals surface area contributed by atoms with E-state index in [0.717, 1.165) is 28.3 Å². The molecule has 3 heterocycles. The molecule has 7 nitrogen and oxygen atoms in total. The Bertz CT molecular complexity index is 1080. The van der Waals surface area contributed by atoms with Crippen LogP contribution in [-0.4, -0.2) is 27.3 Å². The van der Waals surface area contributed by atoms with Gasteiger partial charge in [-0.1, -0.05) is 40.7 Å². The maximum atomic E-state index is 13.0. The number of fused-ring (bicyclic) bond motifs is 2. The number of ether oxygens (including phenoxy) is 2. The second kappa shape index (κ2) is 7.06. The zero-order valence-corrected chi connectivity index (χ0v) is 17.4. The predicted octanol–water partition coefficient (Wildman–Crippen LogP) is 3.81. The highest BCUT2D eigenvalue weighted by molar-refractivity contribution is 5.95. The molecule has 1 N–H and O–H groups in total. The fourth-order valence-electron chi connectivity index (χ4n) is 3.38. The maximum Gasteiger partial charge on any atom is 0.254 e. The van der Waals surface area contributed by atoms with Crippen molar-refractivity contribution in [1.29, 1.82) is 0 Å². The van der Waals surface area contributed by atoms with Crippen molar-refractivity contribution in [1.82, 2.24) is 19.9 Å². The molecule has 1 aromatic carbocycles. The number of hydrogen-bond acceptors (Lipinski definition) is 5. The van der Waals surface area contributed by atoms with Gasteiger partial charge in [-0.25, -0.2) is 9.50 Å². The first-order valence-corrected chi connectivity index (χ1v) is 9.80. The average Bonchev–Trinajstić information content (AvgIpc) is 3.30. The van der Waals surface area contributed by atoms with E-state index in [-0.39, 0.29) is 24.0 Å². The summed E-state index contributed by atoms with van der Waals surface area (Å²) in [5, 5.41) is 7.74. The first-order valence-electron chi connectivity index (χ1n) is 9.80. The fraction of sp³-hybridized carbons (Fsp3) is 0.409. The van der Waals surface area contributed by atoms with Gasteiger partial charge in [0.25, 0.3) is 5.91 Å². The van der Waals surface area contributed by atoms with Gasteiger partial charge in [0.15, 0.2) is 17.1 Å². The van der Waals surface area contributed by atoms with Gasteiger partial charge in [0.05, 0.1) is 17.0 Å². The third-order valence-electron chi connectivity index (χ3n) is 4.97. The van der Waals surface area contributed by atoms with Crippen molar-refractivity contribution in [2.45, 2.75) is 52.5 Å². The van der Waals surface area contributed by atoms with Gasteiger partial charge in [0, 0.05) is 24.2 Å². The number of aromatic nitrogens is 3. The lowest BCUT2D eigenvalue weighted by molar-refractivity contribution is 0.0948. The Morgan fingerprint density at radius 1 is 1.21 bits per heavy atom. The second-order valence-electron chi connectivity index (χ2n) is 8.63. The van der Waals surface area contributed by atoms with Crippen LogP contribution in [0.3, 0.4) is 0 Å². The molecule has 0 spiro atoms. The minimum Gasteiger partial charge on any atom is -0.454 e. The Morgan fingerprint density at radius 3 is 2.69 bits per heavy atom. The number of carbonyl (C=O) groups excluding carboxylic acids is 1. The predicted molar refractivity (Wildman–Crippen MR) is 110 cm³/mol. The van der Waals surface area contributed by atoms with Crippen LogP contribution in [0.25, 0.3) is 5.65 Å². The van der Waals surface area contributed by atoms with E-state index >= 15 is 0 Å². The number of amides is 1. The average molecular weight is 394 g/mol. The largest absolute Gasteiger partial charge is 0.454 e. The van der Waals surface area contributed by atoms with Gasteiger partial charge in [0.2, 0.25) is 6.79 Å². The van der Waals surface area contributed by atoms with Crippen LogP contribution in [0.1, 0.15) is 67.8 Å².